The maximum Gasteiger partial charge on any atom is 0.308 e. The molecule has 0 amide bonds. The van der Waals surface area contributed by atoms with E-state index in [1.807, 2.05) is 0 Å². The van der Waals surface area contributed by atoms with Crippen LogP contribution in [0, 0.1) is 5.92 Å². The zero-order valence-electron chi connectivity index (χ0n) is 9.56. The molecule has 0 radical (unpaired) electrons. The summed E-state index contributed by atoms with van der Waals surface area (Å²) in [5, 5.41) is 12.6. The highest BCUT2D eigenvalue weighted by Crippen LogP contribution is 2.32. The summed E-state index contributed by atoms with van der Waals surface area (Å²) < 4.78 is 0. The number of hydrogen-bond donors (Lipinski definition) is 2. The molecule has 3 fully saturated rings. The second-order valence-electron chi connectivity index (χ2n) is 5.44. The molecule has 2 aliphatic heterocycles. The third-order valence-corrected chi connectivity index (χ3v) is 4.63. The minimum absolute atomic E-state index is 0.129. The Hall–Kier alpha value is -0.610. The first kappa shape index (κ1) is 10.5. The van der Waals surface area contributed by atoms with Gasteiger partial charge in [0.2, 0.25) is 0 Å². The zero-order chi connectivity index (χ0) is 11.1. The van der Waals surface area contributed by atoms with Gasteiger partial charge in [-0.15, -0.1) is 0 Å². The lowest BCUT2D eigenvalue weighted by Crippen LogP contribution is -2.53. The number of carboxylic acids is 1. The standard InChI is InChI=1S/C12H20N2O2/c15-12(16)8-3-4-9(8)13-10-5-7-14-6-1-2-11(10)14/h8-11,13H,1-7H2,(H,15,16). The molecule has 2 N–H and O–H groups in total. The topological polar surface area (TPSA) is 52.6 Å². The van der Waals surface area contributed by atoms with Crippen LogP contribution in [0.5, 0.6) is 0 Å². The molecule has 4 nitrogen and oxygen atoms in total. The van der Waals surface area contributed by atoms with E-state index < -0.39 is 5.97 Å². The van der Waals surface area contributed by atoms with Crippen LogP contribution in [0.25, 0.3) is 0 Å². The lowest BCUT2D eigenvalue weighted by atomic mass is 9.79. The van der Waals surface area contributed by atoms with Crippen LogP contribution in [0.15, 0.2) is 0 Å². The van der Waals surface area contributed by atoms with E-state index >= 15 is 0 Å². The first-order chi connectivity index (χ1) is 7.75. The number of nitrogens with zero attached hydrogens (tertiary/aromatic N) is 1. The number of nitrogens with one attached hydrogen (secondary N) is 1. The molecule has 90 valence electrons. The van der Waals surface area contributed by atoms with Crippen molar-refractivity contribution in [2.24, 2.45) is 5.92 Å². The molecule has 4 unspecified atom stereocenters. The molecule has 0 aromatic rings. The van der Waals surface area contributed by atoms with Crippen LogP contribution in [0.2, 0.25) is 0 Å². The van der Waals surface area contributed by atoms with Gasteiger partial charge in [-0.25, -0.2) is 0 Å². The monoisotopic (exact) mass is 224 g/mol. The number of carboxylic acid groups (broad SMARTS) is 1. The second-order valence-corrected chi connectivity index (χ2v) is 5.44. The van der Waals surface area contributed by atoms with Gasteiger partial charge in [-0.05, 0) is 38.6 Å². The van der Waals surface area contributed by atoms with E-state index in [2.05, 4.69) is 10.2 Å². The Bertz CT molecular complexity index is 295. The van der Waals surface area contributed by atoms with E-state index in [-0.39, 0.29) is 12.0 Å². The van der Waals surface area contributed by atoms with Crippen molar-refractivity contribution in [3.63, 3.8) is 0 Å². The molecule has 0 aromatic carbocycles. The van der Waals surface area contributed by atoms with Crippen molar-refractivity contribution in [2.75, 3.05) is 13.1 Å². The van der Waals surface area contributed by atoms with E-state index in [9.17, 15) is 4.79 Å². The molecule has 1 saturated carbocycles. The van der Waals surface area contributed by atoms with Gasteiger partial charge in [0, 0.05) is 24.7 Å². The molecule has 4 atom stereocenters. The van der Waals surface area contributed by atoms with Crippen molar-refractivity contribution in [3.05, 3.63) is 0 Å². The van der Waals surface area contributed by atoms with Gasteiger partial charge in [-0.1, -0.05) is 0 Å². The van der Waals surface area contributed by atoms with Gasteiger partial charge in [0.15, 0.2) is 0 Å². The van der Waals surface area contributed by atoms with Gasteiger partial charge in [0.05, 0.1) is 5.92 Å². The molecule has 0 spiro atoms. The van der Waals surface area contributed by atoms with E-state index in [0.29, 0.717) is 12.1 Å². The summed E-state index contributed by atoms with van der Waals surface area (Å²) in [6, 6.07) is 1.48. The minimum Gasteiger partial charge on any atom is -0.481 e. The summed E-state index contributed by atoms with van der Waals surface area (Å²) in [5.74, 6) is -0.750. The summed E-state index contributed by atoms with van der Waals surface area (Å²) in [6.45, 7) is 2.45. The fourth-order valence-electron chi connectivity index (χ4n) is 3.55. The molecule has 2 heterocycles. The average Bonchev–Trinajstić information content (AvgIpc) is 2.73. The number of carbonyl (C=O) groups is 1. The van der Waals surface area contributed by atoms with Crippen molar-refractivity contribution in [1.82, 2.24) is 10.2 Å². The van der Waals surface area contributed by atoms with Crippen LogP contribution in [0.3, 0.4) is 0 Å². The third kappa shape index (κ3) is 1.64. The first-order valence-corrected chi connectivity index (χ1v) is 6.48. The highest BCUT2D eigenvalue weighted by atomic mass is 16.4. The van der Waals surface area contributed by atoms with Crippen molar-refractivity contribution in [2.45, 2.75) is 50.2 Å². The Morgan fingerprint density at radius 3 is 2.69 bits per heavy atom. The Balaban J connectivity index is 1.57. The molecule has 3 aliphatic rings. The smallest absolute Gasteiger partial charge is 0.308 e. The van der Waals surface area contributed by atoms with Crippen molar-refractivity contribution >= 4 is 5.97 Å². The van der Waals surface area contributed by atoms with Crippen molar-refractivity contribution in [1.29, 1.82) is 0 Å². The summed E-state index contributed by atoms with van der Waals surface area (Å²) in [7, 11) is 0. The Kier molecular flexibility index (Phi) is 2.64. The summed E-state index contributed by atoms with van der Waals surface area (Å²) in [4.78, 5) is 13.5. The van der Waals surface area contributed by atoms with E-state index in [4.69, 9.17) is 5.11 Å². The summed E-state index contributed by atoms with van der Waals surface area (Å²) >= 11 is 0. The predicted molar refractivity (Wildman–Crippen MR) is 60.3 cm³/mol. The molecule has 1 aliphatic carbocycles. The number of hydrogen-bond acceptors (Lipinski definition) is 3. The van der Waals surface area contributed by atoms with Gasteiger partial charge < -0.3 is 10.4 Å². The van der Waals surface area contributed by atoms with Crippen LogP contribution in [-0.4, -0.2) is 47.2 Å². The number of rotatable bonds is 3. The zero-order valence-corrected chi connectivity index (χ0v) is 9.56. The van der Waals surface area contributed by atoms with Gasteiger partial charge in [0.25, 0.3) is 0 Å². The lowest BCUT2D eigenvalue weighted by Gasteiger charge is -2.37. The van der Waals surface area contributed by atoms with Gasteiger partial charge in [-0.3, -0.25) is 9.69 Å². The third-order valence-electron chi connectivity index (χ3n) is 4.63. The summed E-state index contributed by atoms with van der Waals surface area (Å²) in [5.41, 5.74) is 0. The maximum atomic E-state index is 10.9. The van der Waals surface area contributed by atoms with Crippen LogP contribution in [0.4, 0.5) is 0 Å². The van der Waals surface area contributed by atoms with Gasteiger partial charge in [-0.2, -0.15) is 0 Å². The van der Waals surface area contributed by atoms with Crippen LogP contribution in [-0.2, 0) is 4.79 Å². The molecular formula is C12H20N2O2. The second kappa shape index (κ2) is 4.00. The predicted octanol–water partition coefficient (Wildman–Crippen LogP) is 0.676. The first-order valence-electron chi connectivity index (χ1n) is 6.48. The Morgan fingerprint density at radius 2 is 2.00 bits per heavy atom. The fourth-order valence-corrected chi connectivity index (χ4v) is 3.55. The molecule has 0 bridgehead atoms. The molecule has 4 heteroatoms. The quantitative estimate of drug-likeness (QED) is 0.740. The van der Waals surface area contributed by atoms with E-state index in [0.717, 1.165) is 12.8 Å². The fraction of sp³-hybridized carbons (Fsp3) is 0.917. The van der Waals surface area contributed by atoms with Crippen molar-refractivity contribution < 1.29 is 9.90 Å². The van der Waals surface area contributed by atoms with Gasteiger partial charge >= 0.3 is 5.97 Å². The molecule has 3 rings (SSSR count). The minimum atomic E-state index is -0.620. The number of aliphatic carboxylic acids is 1. The van der Waals surface area contributed by atoms with Crippen LogP contribution in [0.1, 0.15) is 32.1 Å². The SMILES string of the molecule is O=C(O)C1CCC1NC1CCN2CCCC12. The molecular weight excluding hydrogens is 204 g/mol. The average molecular weight is 224 g/mol. The molecule has 0 aromatic heterocycles. The Labute approximate surface area is 96.0 Å². The van der Waals surface area contributed by atoms with Gasteiger partial charge in [0.1, 0.15) is 0 Å². The highest BCUT2D eigenvalue weighted by molar-refractivity contribution is 5.72. The highest BCUT2D eigenvalue weighted by Gasteiger charge is 2.42. The van der Waals surface area contributed by atoms with Crippen molar-refractivity contribution in [3.8, 4) is 0 Å². The largest absolute Gasteiger partial charge is 0.481 e. The molecule has 16 heavy (non-hydrogen) atoms. The Morgan fingerprint density at radius 1 is 1.12 bits per heavy atom. The summed E-state index contributed by atoms with van der Waals surface area (Å²) in [6.07, 6.45) is 5.71. The van der Waals surface area contributed by atoms with Crippen LogP contribution >= 0.6 is 0 Å². The van der Waals surface area contributed by atoms with Crippen LogP contribution < -0.4 is 5.32 Å². The van der Waals surface area contributed by atoms with E-state index in [1.54, 1.807) is 0 Å². The lowest BCUT2D eigenvalue weighted by molar-refractivity contribution is -0.146. The van der Waals surface area contributed by atoms with E-state index in [1.165, 1.54) is 32.4 Å². The number of fused-ring (bicyclic) bond motifs is 1. The molecule has 2 saturated heterocycles. The normalized spacial score (nSPS) is 43.0. The maximum absolute atomic E-state index is 10.9.